The number of nitriles is 1. The van der Waals surface area contributed by atoms with Crippen LogP contribution in [-0.2, 0) is 9.53 Å². The molecule has 0 heterocycles. The topological polar surface area (TPSA) is 62.1 Å². The Kier molecular flexibility index (Phi) is 5.17. The van der Waals surface area contributed by atoms with Gasteiger partial charge in [0, 0.05) is 4.47 Å². The third-order valence-corrected chi connectivity index (χ3v) is 3.22. The zero-order chi connectivity index (χ0) is 13.7. The van der Waals surface area contributed by atoms with Crippen molar-refractivity contribution in [3.63, 3.8) is 0 Å². The van der Waals surface area contributed by atoms with Crippen molar-refractivity contribution in [3.8, 4) is 6.07 Å². The Morgan fingerprint density at radius 2 is 2.17 bits per heavy atom. The molecule has 0 saturated heterocycles. The number of carbonyl (C=O) groups excluding carboxylic acids is 1. The number of ether oxygens (including phenoxy) is 1. The zero-order valence-corrected chi connectivity index (χ0v) is 12.1. The van der Waals surface area contributed by atoms with Crippen molar-refractivity contribution < 1.29 is 9.53 Å². The quantitative estimate of drug-likeness (QED) is 0.869. The van der Waals surface area contributed by atoms with Crippen molar-refractivity contribution in [2.24, 2.45) is 5.92 Å². The SMILES string of the molecule is COC(=O)C(Nc1cccc(Br)c1C#N)C(C)C. The standard InChI is InChI=1S/C13H15BrN2O2/c1-8(2)12(13(17)18-3)16-11-6-4-5-10(14)9(11)7-15/h4-6,8,12,16H,1-3H3. The van der Waals surface area contributed by atoms with Crippen LogP contribution in [0, 0.1) is 17.2 Å². The summed E-state index contributed by atoms with van der Waals surface area (Å²) in [5.74, 6) is -0.281. The van der Waals surface area contributed by atoms with Crippen LogP contribution in [0.5, 0.6) is 0 Å². The maximum absolute atomic E-state index is 11.7. The molecule has 0 saturated carbocycles. The molecule has 0 bridgehead atoms. The minimum atomic E-state index is -0.476. The highest BCUT2D eigenvalue weighted by Gasteiger charge is 2.23. The molecule has 96 valence electrons. The van der Waals surface area contributed by atoms with Crippen LogP contribution in [0.25, 0.3) is 0 Å². The normalized spacial score (nSPS) is 11.8. The van der Waals surface area contributed by atoms with Crippen LogP contribution in [0.3, 0.4) is 0 Å². The summed E-state index contributed by atoms with van der Waals surface area (Å²) in [6.45, 7) is 3.83. The van der Waals surface area contributed by atoms with Gasteiger partial charge in [-0.3, -0.25) is 0 Å². The Bertz CT molecular complexity index is 480. The summed E-state index contributed by atoms with van der Waals surface area (Å²) in [7, 11) is 1.35. The second kappa shape index (κ2) is 6.41. The lowest BCUT2D eigenvalue weighted by molar-refractivity contribution is -0.142. The smallest absolute Gasteiger partial charge is 0.328 e. The molecular formula is C13H15BrN2O2. The summed E-state index contributed by atoms with van der Waals surface area (Å²) >= 11 is 3.31. The molecule has 0 amide bonds. The Labute approximate surface area is 115 Å². The van der Waals surface area contributed by atoms with Crippen molar-refractivity contribution in [2.75, 3.05) is 12.4 Å². The maximum Gasteiger partial charge on any atom is 0.328 e. The molecule has 1 N–H and O–H groups in total. The number of esters is 1. The van der Waals surface area contributed by atoms with Gasteiger partial charge in [-0.25, -0.2) is 4.79 Å². The number of carbonyl (C=O) groups is 1. The second-order valence-corrected chi connectivity index (χ2v) is 5.02. The molecule has 0 spiro atoms. The number of anilines is 1. The highest BCUT2D eigenvalue weighted by molar-refractivity contribution is 9.10. The molecule has 1 rings (SSSR count). The molecule has 0 radical (unpaired) electrons. The predicted molar refractivity (Wildman–Crippen MR) is 73.1 cm³/mol. The number of nitrogens with zero attached hydrogens (tertiary/aromatic N) is 1. The fraction of sp³-hybridized carbons (Fsp3) is 0.385. The summed E-state index contributed by atoms with van der Waals surface area (Å²) in [5, 5.41) is 12.2. The molecule has 18 heavy (non-hydrogen) atoms. The first kappa shape index (κ1) is 14.5. The van der Waals surface area contributed by atoms with Gasteiger partial charge in [0.1, 0.15) is 12.1 Å². The van der Waals surface area contributed by atoms with E-state index in [9.17, 15) is 4.79 Å². The van der Waals surface area contributed by atoms with Crippen molar-refractivity contribution in [2.45, 2.75) is 19.9 Å². The van der Waals surface area contributed by atoms with E-state index < -0.39 is 6.04 Å². The average molecular weight is 311 g/mol. The van der Waals surface area contributed by atoms with Crippen LogP contribution in [0.4, 0.5) is 5.69 Å². The second-order valence-electron chi connectivity index (χ2n) is 4.16. The number of benzene rings is 1. The Hall–Kier alpha value is -1.54. The Balaban J connectivity index is 3.06. The molecule has 4 nitrogen and oxygen atoms in total. The van der Waals surface area contributed by atoms with E-state index in [1.165, 1.54) is 7.11 Å². The molecule has 1 aromatic carbocycles. The minimum absolute atomic E-state index is 0.0583. The van der Waals surface area contributed by atoms with Crippen LogP contribution < -0.4 is 5.32 Å². The molecule has 0 fully saturated rings. The number of hydrogen-bond donors (Lipinski definition) is 1. The lowest BCUT2D eigenvalue weighted by Gasteiger charge is -2.21. The summed E-state index contributed by atoms with van der Waals surface area (Å²) in [6, 6.07) is 6.98. The summed E-state index contributed by atoms with van der Waals surface area (Å²) in [6.07, 6.45) is 0. The zero-order valence-electron chi connectivity index (χ0n) is 10.5. The molecule has 0 aliphatic carbocycles. The van der Waals surface area contributed by atoms with E-state index in [4.69, 9.17) is 10.00 Å². The van der Waals surface area contributed by atoms with E-state index in [1.54, 1.807) is 12.1 Å². The number of rotatable bonds is 4. The van der Waals surface area contributed by atoms with Crippen LogP contribution in [0.15, 0.2) is 22.7 Å². The highest BCUT2D eigenvalue weighted by Crippen LogP contribution is 2.25. The van der Waals surface area contributed by atoms with E-state index in [2.05, 4.69) is 27.3 Å². The summed E-state index contributed by atoms with van der Waals surface area (Å²) < 4.78 is 5.45. The summed E-state index contributed by atoms with van der Waals surface area (Å²) in [5.41, 5.74) is 1.10. The molecule has 5 heteroatoms. The van der Waals surface area contributed by atoms with Gasteiger partial charge in [0.25, 0.3) is 0 Å². The van der Waals surface area contributed by atoms with Gasteiger partial charge in [0.05, 0.1) is 18.4 Å². The average Bonchev–Trinajstić information content (AvgIpc) is 2.34. The van der Waals surface area contributed by atoms with Gasteiger partial charge in [-0.05, 0) is 34.0 Å². The molecule has 0 aliphatic heterocycles. The van der Waals surface area contributed by atoms with E-state index in [0.717, 1.165) is 0 Å². The van der Waals surface area contributed by atoms with Crippen molar-refractivity contribution in [1.82, 2.24) is 0 Å². The monoisotopic (exact) mass is 310 g/mol. The maximum atomic E-state index is 11.7. The highest BCUT2D eigenvalue weighted by atomic mass is 79.9. The van der Waals surface area contributed by atoms with Crippen LogP contribution >= 0.6 is 15.9 Å². The van der Waals surface area contributed by atoms with Gasteiger partial charge < -0.3 is 10.1 Å². The van der Waals surface area contributed by atoms with Gasteiger partial charge in [0.2, 0.25) is 0 Å². The number of nitrogens with one attached hydrogen (secondary N) is 1. The van der Waals surface area contributed by atoms with Gasteiger partial charge in [0.15, 0.2) is 0 Å². The lowest BCUT2D eigenvalue weighted by Crippen LogP contribution is -2.35. The van der Waals surface area contributed by atoms with Crippen molar-refractivity contribution in [3.05, 3.63) is 28.2 Å². The molecule has 1 unspecified atom stereocenters. The number of methoxy groups -OCH3 is 1. The van der Waals surface area contributed by atoms with Crippen LogP contribution in [-0.4, -0.2) is 19.1 Å². The fourth-order valence-electron chi connectivity index (χ4n) is 1.55. The number of hydrogen-bond acceptors (Lipinski definition) is 4. The van der Waals surface area contributed by atoms with E-state index in [1.807, 2.05) is 19.9 Å². The van der Waals surface area contributed by atoms with Crippen molar-refractivity contribution >= 4 is 27.6 Å². The number of halogens is 1. The molecule has 0 aromatic heterocycles. The van der Waals surface area contributed by atoms with Gasteiger partial charge in [-0.1, -0.05) is 19.9 Å². The third kappa shape index (κ3) is 3.23. The van der Waals surface area contributed by atoms with Gasteiger partial charge in [-0.15, -0.1) is 0 Å². The van der Waals surface area contributed by atoms with E-state index >= 15 is 0 Å². The fourth-order valence-corrected chi connectivity index (χ4v) is 2.01. The van der Waals surface area contributed by atoms with Gasteiger partial charge in [-0.2, -0.15) is 5.26 Å². The van der Waals surface area contributed by atoms with Gasteiger partial charge >= 0.3 is 5.97 Å². The predicted octanol–water partition coefficient (Wildman–Crippen LogP) is 2.93. The van der Waals surface area contributed by atoms with Crippen LogP contribution in [0.2, 0.25) is 0 Å². The van der Waals surface area contributed by atoms with E-state index in [0.29, 0.717) is 15.7 Å². The molecule has 0 aliphatic rings. The largest absolute Gasteiger partial charge is 0.467 e. The minimum Gasteiger partial charge on any atom is -0.467 e. The molecular weight excluding hydrogens is 296 g/mol. The first-order valence-corrected chi connectivity index (χ1v) is 6.33. The third-order valence-electron chi connectivity index (χ3n) is 2.56. The summed E-state index contributed by atoms with van der Waals surface area (Å²) in [4.78, 5) is 11.7. The first-order valence-electron chi connectivity index (χ1n) is 5.54. The lowest BCUT2D eigenvalue weighted by atomic mass is 10.0. The van der Waals surface area contributed by atoms with Crippen molar-refractivity contribution in [1.29, 1.82) is 5.26 Å². The Morgan fingerprint density at radius 3 is 2.67 bits per heavy atom. The molecule has 1 atom stereocenters. The molecule has 1 aromatic rings. The van der Waals surface area contributed by atoms with Crippen LogP contribution in [0.1, 0.15) is 19.4 Å². The Morgan fingerprint density at radius 1 is 1.50 bits per heavy atom. The van der Waals surface area contributed by atoms with E-state index in [-0.39, 0.29) is 11.9 Å². The first-order chi connectivity index (χ1) is 8.51.